The zero-order valence-electron chi connectivity index (χ0n) is 14.7. The van der Waals surface area contributed by atoms with Crippen molar-refractivity contribution < 1.29 is 14.1 Å². The molecule has 0 N–H and O–H groups in total. The van der Waals surface area contributed by atoms with Gasteiger partial charge < -0.3 is 18.7 Å². The van der Waals surface area contributed by atoms with Crippen LogP contribution < -0.4 is 0 Å². The predicted molar refractivity (Wildman–Crippen MR) is 90.2 cm³/mol. The molecule has 4 rings (SSSR count). The predicted octanol–water partition coefficient (Wildman–Crippen LogP) is 2.90. The minimum atomic E-state index is -0.231. The maximum atomic E-state index is 13.3. The fourth-order valence-corrected chi connectivity index (χ4v) is 4.10. The van der Waals surface area contributed by atoms with Gasteiger partial charge in [0.05, 0.1) is 6.10 Å². The first kappa shape index (κ1) is 16.3. The number of aromatic nitrogens is 3. The number of likely N-dealkylation sites (tertiary alicyclic amines) is 1. The van der Waals surface area contributed by atoms with Gasteiger partial charge in [0.15, 0.2) is 5.82 Å². The van der Waals surface area contributed by atoms with E-state index >= 15 is 0 Å². The topological polar surface area (TPSA) is 73.4 Å². The molecule has 2 aromatic heterocycles. The van der Waals surface area contributed by atoms with Crippen LogP contribution in [-0.2, 0) is 4.74 Å². The fraction of sp³-hybridized carbons (Fsp3) is 0.611. The Kier molecular flexibility index (Phi) is 4.33. The smallest absolute Gasteiger partial charge is 0.271 e. The van der Waals surface area contributed by atoms with Crippen LogP contribution in [0.4, 0.5) is 0 Å². The summed E-state index contributed by atoms with van der Waals surface area (Å²) in [5, 5.41) is 3.88. The molecular weight excluding hydrogens is 320 g/mol. The van der Waals surface area contributed by atoms with Crippen LogP contribution in [0.15, 0.2) is 22.9 Å². The number of methoxy groups -OCH3 is 1. The molecule has 2 fully saturated rings. The van der Waals surface area contributed by atoms with E-state index in [1.54, 1.807) is 14.0 Å². The molecule has 7 heteroatoms. The van der Waals surface area contributed by atoms with E-state index in [1.165, 1.54) is 12.8 Å². The average Bonchev–Trinajstić information content (AvgIpc) is 3.37. The Bertz CT molecular complexity index is 747. The van der Waals surface area contributed by atoms with Crippen molar-refractivity contribution in [2.45, 2.75) is 57.2 Å². The lowest BCUT2D eigenvalue weighted by molar-refractivity contribution is 0.0658. The first-order valence-electron chi connectivity index (χ1n) is 8.98. The highest BCUT2D eigenvalue weighted by Gasteiger charge is 2.40. The Morgan fingerprint density at radius 1 is 1.36 bits per heavy atom. The van der Waals surface area contributed by atoms with Gasteiger partial charge in [-0.15, -0.1) is 0 Å². The highest BCUT2D eigenvalue weighted by Crippen LogP contribution is 2.35. The molecule has 1 amide bonds. The molecule has 1 aliphatic heterocycles. The molecule has 2 aromatic rings. The van der Waals surface area contributed by atoms with Gasteiger partial charge in [-0.2, -0.15) is 4.98 Å². The molecule has 0 bridgehead atoms. The zero-order valence-corrected chi connectivity index (χ0v) is 14.7. The summed E-state index contributed by atoms with van der Waals surface area (Å²) in [5.74, 6) is 1.08. The molecule has 0 radical (unpaired) electrons. The van der Waals surface area contributed by atoms with Crippen LogP contribution in [0.3, 0.4) is 0 Å². The third-order valence-corrected chi connectivity index (χ3v) is 5.40. The van der Waals surface area contributed by atoms with Crippen molar-refractivity contribution in [3.63, 3.8) is 0 Å². The molecule has 2 atom stereocenters. The van der Waals surface area contributed by atoms with Crippen molar-refractivity contribution in [1.82, 2.24) is 19.6 Å². The molecule has 0 unspecified atom stereocenters. The number of carbonyl (C=O) groups excluding carboxylic acids is 1. The van der Waals surface area contributed by atoms with E-state index in [1.807, 2.05) is 23.2 Å². The quantitative estimate of drug-likeness (QED) is 0.853. The monoisotopic (exact) mass is 344 g/mol. The van der Waals surface area contributed by atoms with Crippen molar-refractivity contribution in [2.75, 3.05) is 13.7 Å². The Hall–Kier alpha value is -2.15. The van der Waals surface area contributed by atoms with Gasteiger partial charge in [0.25, 0.3) is 5.91 Å². The van der Waals surface area contributed by atoms with E-state index in [2.05, 4.69) is 14.7 Å². The van der Waals surface area contributed by atoms with Crippen LogP contribution in [0.25, 0.3) is 0 Å². The molecule has 1 saturated heterocycles. The van der Waals surface area contributed by atoms with Crippen molar-refractivity contribution in [1.29, 1.82) is 0 Å². The summed E-state index contributed by atoms with van der Waals surface area (Å²) in [7, 11) is 1.68. The minimum Gasteiger partial charge on any atom is -0.380 e. The largest absolute Gasteiger partial charge is 0.380 e. The SMILES string of the molecule is CO[C@@H]1C[C@H](c2nc(C)no2)N(C(=O)c2cccn2C2CCCC2)C1. The van der Waals surface area contributed by atoms with Gasteiger partial charge in [0.2, 0.25) is 5.89 Å². The van der Waals surface area contributed by atoms with Crippen molar-refractivity contribution in [3.05, 3.63) is 35.7 Å². The molecule has 7 nitrogen and oxygen atoms in total. The number of aryl methyl sites for hydroxylation is 1. The van der Waals surface area contributed by atoms with Crippen molar-refractivity contribution >= 4 is 5.91 Å². The van der Waals surface area contributed by atoms with Gasteiger partial charge in [0, 0.05) is 32.3 Å². The van der Waals surface area contributed by atoms with Gasteiger partial charge in [-0.1, -0.05) is 18.0 Å². The first-order valence-corrected chi connectivity index (χ1v) is 8.98. The zero-order chi connectivity index (χ0) is 17.4. The fourth-order valence-electron chi connectivity index (χ4n) is 4.10. The highest BCUT2D eigenvalue weighted by atomic mass is 16.5. The van der Waals surface area contributed by atoms with Crippen LogP contribution in [0.5, 0.6) is 0 Å². The van der Waals surface area contributed by atoms with E-state index in [9.17, 15) is 4.79 Å². The summed E-state index contributed by atoms with van der Waals surface area (Å²) in [6.45, 7) is 2.32. The Labute approximate surface area is 146 Å². The number of hydrogen-bond acceptors (Lipinski definition) is 5. The molecule has 2 aliphatic rings. The lowest BCUT2D eigenvalue weighted by Gasteiger charge is -2.24. The van der Waals surface area contributed by atoms with Gasteiger partial charge in [-0.25, -0.2) is 0 Å². The summed E-state index contributed by atoms with van der Waals surface area (Å²) in [6.07, 6.45) is 7.43. The summed E-state index contributed by atoms with van der Waals surface area (Å²) < 4.78 is 13.0. The molecule has 25 heavy (non-hydrogen) atoms. The second kappa shape index (κ2) is 6.63. The molecule has 0 aromatic carbocycles. The summed E-state index contributed by atoms with van der Waals surface area (Å²) >= 11 is 0. The van der Waals surface area contributed by atoms with Crippen LogP contribution >= 0.6 is 0 Å². The van der Waals surface area contributed by atoms with Crippen LogP contribution in [-0.4, -0.2) is 45.3 Å². The van der Waals surface area contributed by atoms with Crippen molar-refractivity contribution in [2.24, 2.45) is 0 Å². The van der Waals surface area contributed by atoms with E-state index in [-0.39, 0.29) is 18.1 Å². The lowest BCUT2D eigenvalue weighted by Crippen LogP contribution is -2.34. The van der Waals surface area contributed by atoms with Crippen LogP contribution in [0.1, 0.15) is 66.4 Å². The van der Waals surface area contributed by atoms with Crippen molar-refractivity contribution in [3.8, 4) is 0 Å². The van der Waals surface area contributed by atoms with Gasteiger partial charge in [-0.05, 0) is 31.9 Å². The molecular formula is C18H24N4O3. The molecule has 0 spiro atoms. The molecule has 3 heterocycles. The summed E-state index contributed by atoms with van der Waals surface area (Å²) in [5.41, 5.74) is 0.741. The van der Waals surface area contributed by atoms with Gasteiger partial charge in [0.1, 0.15) is 11.7 Å². The molecule has 134 valence electrons. The molecule has 1 saturated carbocycles. The van der Waals surface area contributed by atoms with Crippen LogP contribution in [0, 0.1) is 6.92 Å². The Morgan fingerprint density at radius 2 is 2.16 bits per heavy atom. The van der Waals surface area contributed by atoms with Gasteiger partial charge >= 0.3 is 0 Å². The lowest BCUT2D eigenvalue weighted by atomic mass is 10.2. The van der Waals surface area contributed by atoms with Gasteiger partial charge in [-0.3, -0.25) is 4.79 Å². The summed E-state index contributed by atoms with van der Waals surface area (Å²) in [6, 6.07) is 4.07. The number of hydrogen-bond donors (Lipinski definition) is 0. The number of ether oxygens (including phenoxy) is 1. The van der Waals surface area contributed by atoms with E-state index < -0.39 is 0 Å². The van der Waals surface area contributed by atoms with Crippen LogP contribution in [0.2, 0.25) is 0 Å². The minimum absolute atomic E-state index is 0.0114. The Balaban J connectivity index is 1.62. The number of carbonyl (C=O) groups is 1. The standard InChI is InChI=1S/C18H24N4O3/c1-12-19-17(25-20-12)16-10-14(24-2)11-22(16)18(23)15-8-5-9-21(15)13-6-3-4-7-13/h5,8-9,13-14,16H,3-4,6-7,10-11H2,1-2H3/t14-,16-/m1/s1. The van der Waals surface area contributed by atoms with E-state index in [0.717, 1.165) is 18.5 Å². The summed E-state index contributed by atoms with van der Waals surface area (Å²) in [4.78, 5) is 19.5. The van der Waals surface area contributed by atoms with E-state index in [0.29, 0.717) is 30.7 Å². The first-order chi connectivity index (χ1) is 12.2. The highest BCUT2D eigenvalue weighted by molar-refractivity contribution is 5.93. The molecule has 1 aliphatic carbocycles. The maximum Gasteiger partial charge on any atom is 0.271 e. The second-order valence-corrected chi connectivity index (χ2v) is 6.99. The third-order valence-electron chi connectivity index (χ3n) is 5.40. The number of rotatable bonds is 4. The second-order valence-electron chi connectivity index (χ2n) is 6.99. The Morgan fingerprint density at radius 3 is 2.84 bits per heavy atom. The third kappa shape index (κ3) is 2.97. The number of nitrogens with zero attached hydrogens (tertiary/aromatic N) is 4. The normalized spacial score (nSPS) is 24.3. The number of amides is 1. The average molecular weight is 344 g/mol. The maximum absolute atomic E-state index is 13.3. The van der Waals surface area contributed by atoms with E-state index in [4.69, 9.17) is 9.26 Å².